The molecule has 86 valence electrons. The Morgan fingerprint density at radius 2 is 2.20 bits per heavy atom. The first-order valence-corrected chi connectivity index (χ1v) is 7.40. The molecule has 0 aliphatic rings. The second kappa shape index (κ2) is 5.72. The van der Waals surface area contributed by atoms with E-state index in [0.717, 1.165) is 23.8 Å². The average molecular weight is 246 g/mol. The van der Waals surface area contributed by atoms with Gasteiger partial charge in [0.15, 0.2) is 0 Å². The molecule has 3 nitrogen and oxygen atoms in total. The number of aryl methyl sites for hydroxylation is 2. The highest BCUT2D eigenvalue weighted by molar-refractivity contribution is 7.84. The topological polar surface area (TPSA) is 42.0 Å². The summed E-state index contributed by atoms with van der Waals surface area (Å²) in [6.07, 6.45) is 1.74. The van der Waals surface area contributed by atoms with Crippen molar-refractivity contribution in [1.82, 2.24) is 10.3 Å². The van der Waals surface area contributed by atoms with E-state index < -0.39 is 10.8 Å². The van der Waals surface area contributed by atoms with Crippen LogP contribution in [-0.2, 0) is 17.3 Å². The molecule has 2 atom stereocenters. The molecule has 1 rings (SSSR count). The van der Waals surface area contributed by atoms with Gasteiger partial charge in [-0.25, -0.2) is 4.98 Å². The number of hydrogen-bond donors (Lipinski definition) is 1. The third-order valence-electron chi connectivity index (χ3n) is 2.35. The first kappa shape index (κ1) is 12.8. The van der Waals surface area contributed by atoms with Crippen LogP contribution in [0.15, 0.2) is 0 Å². The number of aromatic nitrogens is 1. The molecular formula is C10H18N2OS2. The van der Waals surface area contributed by atoms with Crippen molar-refractivity contribution in [1.29, 1.82) is 0 Å². The predicted octanol–water partition coefficient (Wildman–Crippen LogP) is 1.62. The molecule has 5 heteroatoms. The van der Waals surface area contributed by atoms with E-state index in [0.29, 0.717) is 0 Å². The number of hydrogen-bond acceptors (Lipinski definition) is 4. The summed E-state index contributed by atoms with van der Waals surface area (Å²) in [6.45, 7) is 7.66. The molecule has 0 fully saturated rings. The maximum absolute atomic E-state index is 11.1. The molecule has 1 heterocycles. The van der Waals surface area contributed by atoms with E-state index in [2.05, 4.69) is 17.2 Å². The lowest BCUT2D eigenvalue weighted by molar-refractivity contribution is 0.645. The Hall–Kier alpha value is -0.260. The molecule has 15 heavy (non-hydrogen) atoms. The Morgan fingerprint density at radius 1 is 1.53 bits per heavy atom. The SMILES string of the molecule is Cc1nc(CNCC(C)S(C)=O)sc1C. The lowest BCUT2D eigenvalue weighted by atomic mass is 10.4. The fraction of sp³-hybridized carbons (Fsp3) is 0.700. The second-order valence-electron chi connectivity index (χ2n) is 3.69. The zero-order valence-electron chi connectivity index (χ0n) is 9.66. The molecule has 0 spiro atoms. The van der Waals surface area contributed by atoms with E-state index >= 15 is 0 Å². The first-order valence-electron chi connectivity index (χ1n) is 4.96. The van der Waals surface area contributed by atoms with Gasteiger partial charge in [0.05, 0.1) is 5.69 Å². The van der Waals surface area contributed by atoms with Gasteiger partial charge >= 0.3 is 0 Å². The Kier molecular flexibility index (Phi) is 4.89. The van der Waals surface area contributed by atoms with Crippen molar-refractivity contribution in [3.8, 4) is 0 Å². The minimum absolute atomic E-state index is 0.201. The first-order chi connectivity index (χ1) is 7.00. The van der Waals surface area contributed by atoms with Gasteiger partial charge in [-0.2, -0.15) is 0 Å². The lowest BCUT2D eigenvalue weighted by Gasteiger charge is -2.08. The van der Waals surface area contributed by atoms with Crippen LogP contribution in [-0.4, -0.2) is 27.2 Å². The van der Waals surface area contributed by atoms with Gasteiger partial charge in [-0.05, 0) is 20.8 Å². The Balaban J connectivity index is 2.35. The van der Waals surface area contributed by atoms with Crippen molar-refractivity contribution in [2.24, 2.45) is 0 Å². The summed E-state index contributed by atoms with van der Waals surface area (Å²) >= 11 is 1.72. The van der Waals surface area contributed by atoms with Crippen molar-refractivity contribution < 1.29 is 4.21 Å². The van der Waals surface area contributed by atoms with Crippen molar-refractivity contribution in [2.45, 2.75) is 32.6 Å². The van der Waals surface area contributed by atoms with E-state index in [4.69, 9.17) is 0 Å². The van der Waals surface area contributed by atoms with Gasteiger partial charge < -0.3 is 5.32 Å². The van der Waals surface area contributed by atoms with E-state index in [1.165, 1.54) is 4.88 Å². The van der Waals surface area contributed by atoms with Crippen molar-refractivity contribution >= 4 is 22.1 Å². The highest BCUT2D eigenvalue weighted by atomic mass is 32.2. The molecule has 0 saturated carbocycles. The lowest BCUT2D eigenvalue weighted by Crippen LogP contribution is -2.27. The molecule has 0 aliphatic carbocycles. The van der Waals surface area contributed by atoms with Crippen LogP contribution in [0.3, 0.4) is 0 Å². The molecule has 1 N–H and O–H groups in total. The maximum atomic E-state index is 11.1. The summed E-state index contributed by atoms with van der Waals surface area (Å²) in [5.41, 5.74) is 1.11. The van der Waals surface area contributed by atoms with Crippen LogP contribution in [0, 0.1) is 13.8 Å². The molecule has 0 bridgehead atoms. The quantitative estimate of drug-likeness (QED) is 0.858. The minimum Gasteiger partial charge on any atom is -0.309 e. The van der Waals surface area contributed by atoms with Gasteiger partial charge in [0.1, 0.15) is 5.01 Å². The van der Waals surface area contributed by atoms with Gasteiger partial charge in [-0.15, -0.1) is 11.3 Å². The smallest absolute Gasteiger partial charge is 0.107 e. The summed E-state index contributed by atoms with van der Waals surface area (Å²) in [5, 5.41) is 4.59. The van der Waals surface area contributed by atoms with Crippen molar-refractivity contribution in [2.75, 3.05) is 12.8 Å². The van der Waals surface area contributed by atoms with Crippen LogP contribution in [0.25, 0.3) is 0 Å². The monoisotopic (exact) mass is 246 g/mol. The van der Waals surface area contributed by atoms with Gasteiger partial charge in [0.25, 0.3) is 0 Å². The van der Waals surface area contributed by atoms with Gasteiger partial charge in [-0.1, -0.05) is 0 Å². The van der Waals surface area contributed by atoms with Crippen LogP contribution in [0.5, 0.6) is 0 Å². The molecule has 0 saturated heterocycles. The van der Waals surface area contributed by atoms with Crippen LogP contribution < -0.4 is 5.32 Å². The van der Waals surface area contributed by atoms with Crippen LogP contribution in [0.1, 0.15) is 22.5 Å². The fourth-order valence-electron chi connectivity index (χ4n) is 1.11. The number of rotatable bonds is 5. The Bertz CT molecular complexity index is 330. The third-order valence-corrected chi connectivity index (χ3v) is 4.72. The standard InChI is InChI=1S/C10H18N2OS2/c1-7(15(4)13)5-11-6-10-12-8(2)9(3)14-10/h7,11H,5-6H2,1-4H3. The van der Waals surface area contributed by atoms with E-state index in [1.54, 1.807) is 17.6 Å². The highest BCUT2D eigenvalue weighted by Crippen LogP contribution is 2.15. The number of nitrogens with zero attached hydrogens (tertiary/aromatic N) is 1. The third kappa shape index (κ3) is 4.01. The molecule has 1 aromatic rings. The van der Waals surface area contributed by atoms with E-state index in [9.17, 15) is 4.21 Å². The van der Waals surface area contributed by atoms with Gasteiger partial charge in [0, 0.05) is 40.3 Å². The maximum Gasteiger partial charge on any atom is 0.107 e. The Morgan fingerprint density at radius 3 is 2.67 bits per heavy atom. The summed E-state index contributed by atoms with van der Waals surface area (Å²) in [6, 6.07) is 0. The van der Waals surface area contributed by atoms with Crippen molar-refractivity contribution in [3.63, 3.8) is 0 Å². The van der Waals surface area contributed by atoms with Crippen molar-refractivity contribution in [3.05, 3.63) is 15.6 Å². The second-order valence-corrected chi connectivity index (χ2v) is 6.78. The average Bonchev–Trinajstić information content (AvgIpc) is 2.46. The molecule has 0 aliphatic heterocycles. The van der Waals surface area contributed by atoms with Gasteiger partial charge in [0.2, 0.25) is 0 Å². The summed E-state index contributed by atoms with van der Waals surface area (Å²) in [7, 11) is -0.747. The molecular weight excluding hydrogens is 228 g/mol. The van der Waals surface area contributed by atoms with Crippen LogP contribution >= 0.6 is 11.3 Å². The van der Waals surface area contributed by atoms with E-state index in [-0.39, 0.29) is 5.25 Å². The molecule has 0 amide bonds. The van der Waals surface area contributed by atoms with E-state index in [1.807, 2.05) is 13.8 Å². The zero-order valence-corrected chi connectivity index (χ0v) is 11.3. The summed E-state index contributed by atoms with van der Waals surface area (Å²) in [4.78, 5) is 5.71. The normalized spacial score (nSPS) is 15.2. The summed E-state index contributed by atoms with van der Waals surface area (Å²) < 4.78 is 11.1. The van der Waals surface area contributed by atoms with Crippen LogP contribution in [0.4, 0.5) is 0 Å². The summed E-state index contributed by atoms with van der Waals surface area (Å²) in [5.74, 6) is 0. The largest absolute Gasteiger partial charge is 0.309 e. The Labute approximate surface area is 97.8 Å². The predicted molar refractivity (Wildman–Crippen MR) is 66.8 cm³/mol. The number of thiazole rings is 1. The van der Waals surface area contributed by atoms with Gasteiger partial charge in [-0.3, -0.25) is 4.21 Å². The van der Waals surface area contributed by atoms with Crippen LogP contribution in [0.2, 0.25) is 0 Å². The molecule has 2 unspecified atom stereocenters. The fourth-order valence-corrected chi connectivity index (χ4v) is 2.37. The zero-order chi connectivity index (χ0) is 11.4. The molecule has 1 aromatic heterocycles. The molecule has 0 radical (unpaired) electrons. The molecule has 0 aromatic carbocycles. The minimum atomic E-state index is -0.747. The number of nitrogens with one attached hydrogen (secondary N) is 1. The highest BCUT2D eigenvalue weighted by Gasteiger charge is 2.07.